The maximum atomic E-state index is 11.3. The van der Waals surface area contributed by atoms with Gasteiger partial charge in [-0.3, -0.25) is 9.89 Å². The van der Waals surface area contributed by atoms with Crippen molar-refractivity contribution < 1.29 is 8.42 Å². The molecule has 0 spiro atoms. The molecule has 0 amide bonds. The van der Waals surface area contributed by atoms with Gasteiger partial charge >= 0.3 is 0 Å². The van der Waals surface area contributed by atoms with Crippen molar-refractivity contribution in [1.29, 1.82) is 0 Å². The van der Waals surface area contributed by atoms with Gasteiger partial charge in [-0.15, -0.1) is 24.0 Å². The highest BCUT2D eigenvalue weighted by Crippen LogP contribution is 2.19. The molecule has 3 N–H and O–H groups in total. The van der Waals surface area contributed by atoms with E-state index < -0.39 is 10.0 Å². The molecule has 0 radical (unpaired) electrons. The van der Waals surface area contributed by atoms with Crippen LogP contribution in [-0.4, -0.2) is 70.3 Å². The Labute approximate surface area is 170 Å². The average Bonchev–Trinajstić information content (AvgIpc) is 2.58. The van der Waals surface area contributed by atoms with Gasteiger partial charge in [0.05, 0.1) is 5.75 Å². The molecule has 1 heterocycles. The van der Waals surface area contributed by atoms with Crippen LogP contribution in [0.5, 0.6) is 0 Å². The molecule has 0 bridgehead atoms. The molecular weight excluding hydrogens is 453 g/mol. The largest absolute Gasteiger partial charge is 0.356 e. The van der Waals surface area contributed by atoms with Crippen LogP contribution in [0.2, 0.25) is 0 Å². The number of aliphatic imine (C=N–C) groups is 1. The van der Waals surface area contributed by atoms with Crippen molar-refractivity contribution in [2.75, 3.05) is 45.5 Å². The molecule has 1 saturated heterocycles. The second-order valence-corrected chi connectivity index (χ2v) is 8.96. The summed E-state index contributed by atoms with van der Waals surface area (Å²) in [6.45, 7) is 10.4. The molecule has 1 rings (SSSR count). The first kappa shape index (κ1) is 24.9. The lowest BCUT2D eigenvalue weighted by Crippen LogP contribution is -2.55. The Hall–Kier alpha value is -0.130. The number of rotatable bonds is 9. The van der Waals surface area contributed by atoms with E-state index in [1.807, 2.05) is 0 Å². The third-order valence-corrected chi connectivity index (χ3v) is 5.88. The Kier molecular flexibility index (Phi) is 12.2. The van der Waals surface area contributed by atoms with Gasteiger partial charge in [-0.2, -0.15) is 0 Å². The van der Waals surface area contributed by atoms with Crippen molar-refractivity contribution in [3.63, 3.8) is 0 Å². The number of likely N-dealkylation sites (tertiary alicyclic amines) is 1. The normalized spacial score (nSPS) is 17.0. The number of hydrogen-bond donors (Lipinski definition) is 3. The van der Waals surface area contributed by atoms with Crippen LogP contribution in [0.25, 0.3) is 0 Å². The van der Waals surface area contributed by atoms with E-state index in [0.717, 1.165) is 32.0 Å². The van der Waals surface area contributed by atoms with Crippen LogP contribution in [0.3, 0.4) is 0 Å². The zero-order chi connectivity index (χ0) is 18.1. The Morgan fingerprint density at radius 2 is 1.76 bits per heavy atom. The standard InChI is InChI=1S/C16H35N5O2S.HI/c1-5-24(22,23)20-11-9-10-18-15(17-4)19-14-16(2,3)21-12-7-6-8-13-21;/h20H,5-14H2,1-4H3,(H2,17,18,19);1H. The van der Waals surface area contributed by atoms with E-state index in [9.17, 15) is 8.42 Å². The van der Waals surface area contributed by atoms with Gasteiger partial charge in [-0.25, -0.2) is 13.1 Å². The second kappa shape index (κ2) is 12.3. The van der Waals surface area contributed by atoms with Crippen molar-refractivity contribution in [3.05, 3.63) is 0 Å². The Bertz CT molecular complexity index is 491. The summed E-state index contributed by atoms with van der Waals surface area (Å²) < 4.78 is 25.3. The van der Waals surface area contributed by atoms with Crippen molar-refractivity contribution in [1.82, 2.24) is 20.3 Å². The van der Waals surface area contributed by atoms with Gasteiger partial charge in [0, 0.05) is 32.2 Å². The van der Waals surface area contributed by atoms with E-state index in [1.165, 1.54) is 19.3 Å². The molecule has 0 unspecified atom stereocenters. The summed E-state index contributed by atoms with van der Waals surface area (Å²) in [6, 6.07) is 0. The Morgan fingerprint density at radius 1 is 1.12 bits per heavy atom. The number of nitrogens with one attached hydrogen (secondary N) is 3. The van der Waals surface area contributed by atoms with Crippen LogP contribution >= 0.6 is 24.0 Å². The van der Waals surface area contributed by atoms with E-state index in [2.05, 4.69) is 39.1 Å². The summed E-state index contributed by atoms with van der Waals surface area (Å²) in [5.74, 6) is 0.883. The first-order chi connectivity index (χ1) is 11.3. The summed E-state index contributed by atoms with van der Waals surface area (Å²) in [5, 5.41) is 6.62. The highest BCUT2D eigenvalue weighted by Gasteiger charge is 2.27. The van der Waals surface area contributed by atoms with E-state index in [0.29, 0.717) is 13.1 Å². The molecular formula is C16H36IN5O2S. The van der Waals surface area contributed by atoms with Gasteiger partial charge in [-0.05, 0) is 53.1 Å². The molecule has 9 heteroatoms. The molecule has 150 valence electrons. The second-order valence-electron chi connectivity index (χ2n) is 6.86. The monoisotopic (exact) mass is 489 g/mol. The fourth-order valence-electron chi connectivity index (χ4n) is 2.76. The molecule has 0 aromatic heterocycles. The summed E-state index contributed by atoms with van der Waals surface area (Å²) in [6.07, 6.45) is 4.62. The predicted octanol–water partition coefficient (Wildman–Crippen LogP) is 1.36. The molecule has 1 aliphatic rings. The van der Waals surface area contributed by atoms with Gasteiger partial charge in [0.2, 0.25) is 10.0 Å². The lowest BCUT2D eigenvalue weighted by Gasteiger charge is -2.41. The lowest BCUT2D eigenvalue weighted by atomic mass is 9.98. The van der Waals surface area contributed by atoms with Crippen LogP contribution in [0, 0.1) is 0 Å². The van der Waals surface area contributed by atoms with E-state index in [-0.39, 0.29) is 35.3 Å². The summed E-state index contributed by atoms with van der Waals surface area (Å²) in [4.78, 5) is 6.77. The fourth-order valence-corrected chi connectivity index (χ4v) is 3.42. The molecule has 0 saturated carbocycles. The van der Waals surface area contributed by atoms with Gasteiger partial charge in [-0.1, -0.05) is 6.42 Å². The molecule has 1 aliphatic heterocycles. The Balaban J connectivity index is 0.00000576. The number of nitrogens with zero attached hydrogens (tertiary/aromatic N) is 2. The van der Waals surface area contributed by atoms with Crippen LogP contribution in [0.15, 0.2) is 4.99 Å². The van der Waals surface area contributed by atoms with Crippen molar-refractivity contribution >= 4 is 40.0 Å². The molecule has 0 aromatic rings. The lowest BCUT2D eigenvalue weighted by molar-refractivity contribution is 0.0982. The molecule has 25 heavy (non-hydrogen) atoms. The van der Waals surface area contributed by atoms with Crippen molar-refractivity contribution in [3.8, 4) is 0 Å². The third kappa shape index (κ3) is 9.95. The SMILES string of the molecule is CCS(=O)(=O)NCCCNC(=NC)NCC(C)(C)N1CCCCC1.I. The summed E-state index contributed by atoms with van der Waals surface area (Å²) in [5.41, 5.74) is 0.0921. The number of guanidine groups is 1. The van der Waals surface area contributed by atoms with Gasteiger partial charge < -0.3 is 10.6 Å². The molecule has 0 atom stereocenters. The van der Waals surface area contributed by atoms with Crippen molar-refractivity contribution in [2.24, 2.45) is 4.99 Å². The highest BCUT2D eigenvalue weighted by atomic mass is 127. The van der Waals surface area contributed by atoms with Crippen LogP contribution in [0.1, 0.15) is 46.5 Å². The van der Waals surface area contributed by atoms with E-state index >= 15 is 0 Å². The topological polar surface area (TPSA) is 85.8 Å². The van der Waals surface area contributed by atoms with Gasteiger partial charge in [0.25, 0.3) is 0 Å². The molecule has 1 fully saturated rings. The molecule has 0 aliphatic carbocycles. The maximum absolute atomic E-state index is 11.3. The predicted molar refractivity (Wildman–Crippen MR) is 116 cm³/mol. The number of sulfonamides is 1. The minimum Gasteiger partial charge on any atom is -0.356 e. The molecule has 7 nitrogen and oxygen atoms in total. The number of halogens is 1. The molecule has 0 aromatic carbocycles. The van der Waals surface area contributed by atoms with Crippen LogP contribution < -0.4 is 15.4 Å². The minimum absolute atomic E-state index is 0. The smallest absolute Gasteiger partial charge is 0.211 e. The summed E-state index contributed by atoms with van der Waals surface area (Å²) in [7, 11) is -1.34. The quantitative estimate of drug-likeness (QED) is 0.197. The van der Waals surface area contributed by atoms with Crippen LogP contribution in [0.4, 0.5) is 0 Å². The summed E-state index contributed by atoms with van der Waals surface area (Å²) >= 11 is 0. The first-order valence-electron chi connectivity index (χ1n) is 8.97. The number of hydrogen-bond acceptors (Lipinski definition) is 4. The first-order valence-corrected chi connectivity index (χ1v) is 10.6. The third-order valence-electron chi connectivity index (χ3n) is 4.47. The van der Waals surface area contributed by atoms with E-state index in [1.54, 1.807) is 14.0 Å². The fraction of sp³-hybridized carbons (Fsp3) is 0.938. The minimum atomic E-state index is -3.10. The van der Waals surface area contributed by atoms with Gasteiger partial charge in [0.15, 0.2) is 5.96 Å². The zero-order valence-electron chi connectivity index (χ0n) is 16.1. The van der Waals surface area contributed by atoms with Crippen molar-refractivity contribution in [2.45, 2.75) is 52.0 Å². The average molecular weight is 489 g/mol. The Morgan fingerprint density at radius 3 is 2.32 bits per heavy atom. The zero-order valence-corrected chi connectivity index (χ0v) is 19.2. The van der Waals surface area contributed by atoms with Crippen LogP contribution in [-0.2, 0) is 10.0 Å². The number of piperidine rings is 1. The maximum Gasteiger partial charge on any atom is 0.211 e. The van der Waals surface area contributed by atoms with Gasteiger partial charge in [0.1, 0.15) is 0 Å². The van der Waals surface area contributed by atoms with E-state index in [4.69, 9.17) is 0 Å². The highest BCUT2D eigenvalue weighted by molar-refractivity contribution is 14.0.